The van der Waals surface area contributed by atoms with Crippen LogP contribution in [0.4, 0.5) is 0 Å². The van der Waals surface area contributed by atoms with Crippen molar-refractivity contribution in [2.45, 2.75) is 37.2 Å². The van der Waals surface area contributed by atoms with Gasteiger partial charge in [-0.2, -0.15) is 0 Å². The second-order valence-corrected chi connectivity index (χ2v) is 9.60. The Hall–Kier alpha value is -2.48. The largest absolute Gasteiger partial charge is 0.347 e. The topological polar surface area (TPSA) is 64.7 Å². The number of halogens is 2. The summed E-state index contributed by atoms with van der Waals surface area (Å²) in [5.41, 5.74) is 4.79. The van der Waals surface area contributed by atoms with Crippen molar-refractivity contribution in [2.24, 2.45) is 0 Å². The standard InChI is InChI=1S/C23H21Cl2N5OS/c1-13-3-5-19-16(7-13)22(32-2)20-6-4-14(10-30(19)20)28-23(31)21-17(24)8-15(9-18(21)25)29-11-26-27-12-29/h3,5,7-9,11-12,14H,4,6,10H2,1-2H3,(H,28,31). The van der Waals surface area contributed by atoms with Crippen LogP contribution in [0.25, 0.3) is 16.6 Å². The number of amides is 1. The predicted molar refractivity (Wildman–Crippen MR) is 129 cm³/mol. The van der Waals surface area contributed by atoms with Crippen molar-refractivity contribution >= 4 is 51.8 Å². The highest BCUT2D eigenvalue weighted by Gasteiger charge is 2.27. The number of fused-ring (bicyclic) bond motifs is 3. The van der Waals surface area contributed by atoms with Crippen molar-refractivity contribution in [3.05, 3.63) is 69.9 Å². The Kier molecular flexibility index (Phi) is 5.65. The van der Waals surface area contributed by atoms with Gasteiger partial charge in [-0.15, -0.1) is 22.0 Å². The van der Waals surface area contributed by atoms with E-state index in [4.69, 9.17) is 23.2 Å². The van der Waals surface area contributed by atoms with Gasteiger partial charge in [-0.25, -0.2) is 0 Å². The summed E-state index contributed by atoms with van der Waals surface area (Å²) in [6.07, 6.45) is 6.99. The van der Waals surface area contributed by atoms with Crippen LogP contribution >= 0.6 is 35.0 Å². The summed E-state index contributed by atoms with van der Waals surface area (Å²) in [4.78, 5) is 14.4. The minimum Gasteiger partial charge on any atom is -0.347 e. The second kappa shape index (κ2) is 8.46. The Morgan fingerprint density at radius 3 is 2.56 bits per heavy atom. The van der Waals surface area contributed by atoms with Crippen molar-refractivity contribution in [3.63, 3.8) is 0 Å². The van der Waals surface area contributed by atoms with E-state index in [1.807, 2.05) is 0 Å². The Morgan fingerprint density at radius 2 is 1.88 bits per heavy atom. The fourth-order valence-electron chi connectivity index (χ4n) is 4.43. The number of nitrogens with zero attached hydrogens (tertiary/aromatic N) is 4. The molecule has 0 saturated heterocycles. The zero-order valence-corrected chi connectivity index (χ0v) is 19.9. The zero-order chi connectivity index (χ0) is 22.4. The Bertz CT molecular complexity index is 1310. The third kappa shape index (κ3) is 3.68. The number of carbonyl (C=O) groups is 1. The monoisotopic (exact) mass is 485 g/mol. The molecule has 3 heterocycles. The molecule has 2 aromatic heterocycles. The summed E-state index contributed by atoms with van der Waals surface area (Å²) >= 11 is 14.7. The lowest BCUT2D eigenvalue weighted by Crippen LogP contribution is -2.41. The van der Waals surface area contributed by atoms with Gasteiger partial charge in [0.15, 0.2) is 0 Å². The van der Waals surface area contributed by atoms with Gasteiger partial charge in [0.05, 0.1) is 21.3 Å². The molecule has 1 N–H and O–H groups in total. The number of carbonyl (C=O) groups excluding carboxylic acids is 1. The quantitative estimate of drug-likeness (QED) is 0.398. The second-order valence-electron chi connectivity index (χ2n) is 7.97. The number of aryl methyl sites for hydroxylation is 1. The van der Waals surface area contributed by atoms with Crippen LogP contribution in [0.2, 0.25) is 10.0 Å². The van der Waals surface area contributed by atoms with Crippen molar-refractivity contribution in [3.8, 4) is 5.69 Å². The van der Waals surface area contributed by atoms with Gasteiger partial charge >= 0.3 is 0 Å². The molecule has 1 aliphatic heterocycles. The van der Waals surface area contributed by atoms with Crippen LogP contribution in [0.3, 0.4) is 0 Å². The third-order valence-electron chi connectivity index (χ3n) is 5.92. The third-order valence-corrected chi connectivity index (χ3v) is 7.38. The molecule has 1 atom stereocenters. The maximum Gasteiger partial charge on any atom is 0.254 e. The number of rotatable bonds is 4. The molecule has 2 aromatic carbocycles. The first-order chi connectivity index (χ1) is 15.5. The smallest absolute Gasteiger partial charge is 0.254 e. The normalized spacial score (nSPS) is 15.7. The first-order valence-corrected chi connectivity index (χ1v) is 12.2. The Morgan fingerprint density at radius 1 is 1.16 bits per heavy atom. The van der Waals surface area contributed by atoms with Crippen molar-refractivity contribution in [1.29, 1.82) is 0 Å². The van der Waals surface area contributed by atoms with Crippen LogP contribution in [-0.4, -0.2) is 37.5 Å². The molecule has 4 aromatic rings. The minimum absolute atomic E-state index is 0.00809. The van der Waals surface area contributed by atoms with Gasteiger partial charge in [0.25, 0.3) is 5.91 Å². The predicted octanol–water partition coefficient (Wildman–Crippen LogP) is 5.30. The maximum atomic E-state index is 13.1. The summed E-state index contributed by atoms with van der Waals surface area (Å²) in [5, 5.41) is 12.6. The van der Waals surface area contributed by atoms with Crippen LogP contribution in [-0.2, 0) is 13.0 Å². The van der Waals surface area contributed by atoms with Gasteiger partial charge in [0.1, 0.15) is 12.7 Å². The molecule has 1 amide bonds. The molecule has 6 nitrogen and oxygen atoms in total. The van der Waals surface area contributed by atoms with Gasteiger partial charge in [-0.3, -0.25) is 9.36 Å². The molecule has 1 unspecified atom stereocenters. The highest BCUT2D eigenvalue weighted by Crippen LogP contribution is 2.37. The highest BCUT2D eigenvalue weighted by atomic mass is 35.5. The summed E-state index contributed by atoms with van der Waals surface area (Å²) in [5.74, 6) is -0.263. The average molecular weight is 486 g/mol. The lowest BCUT2D eigenvalue weighted by molar-refractivity contribution is 0.0928. The summed E-state index contributed by atoms with van der Waals surface area (Å²) in [6.45, 7) is 2.83. The van der Waals surface area contributed by atoms with Crippen LogP contribution < -0.4 is 5.32 Å². The SMILES string of the molecule is CSc1c2n(c3ccc(C)cc13)CC(NC(=O)c1c(Cl)cc(-n3cnnc3)cc1Cl)CC2. The van der Waals surface area contributed by atoms with Crippen LogP contribution in [0.5, 0.6) is 0 Å². The van der Waals surface area contributed by atoms with Gasteiger partial charge in [-0.05, 0) is 50.3 Å². The van der Waals surface area contributed by atoms with E-state index in [1.54, 1.807) is 41.1 Å². The van der Waals surface area contributed by atoms with E-state index in [-0.39, 0.29) is 17.5 Å². The number of hydrogen-bond donors (Lipinski definition) is 1. The molecular weight excluding hydrogens is 465 g/mol. The zero-order valence-electron chi connectivity index (χ0n) is 17.6. The van der Waals surface area contributed by atoms with E-state index < -0.39 is 0 Å². The lowest BCUT2D eigenvalue weighted by Gasteiger charge is -2.27. The molecule has 0 bridgehead atoms. The van der Waals surface area contributed by atoms with Crippen molar-refractivity contribution < 1.29 is 4.79 Å². The fraction of sp³-hybridized carbons (Fsp3) is 0.261. The van der Waals surface area contributed by atoms with E-state index in [2.05, 4.69) is 51.5 Å². The Balaban J connectivity index is 1.41. The van der Waals surface area contributed by atoms with E-state index in [9.17, 15) is 4.79 Å². The molecule has 9 heteroatoms. The molecule has 0 saturated carbocycles. The molecule has 32 heavy (non-hydrogen) atoms. The molecule has 164 valence electrons. The molecule has 0 fully saturated rings. The highest BCUT2D eigenvalue weighted by molar-refractivity contribution is 7.98. The van der Waals surface area contributed by atoms with E-state index >= 15 is 0 Å². The average Bonchev–Trinajstić information content (AvgIpc) is 3.39. The number of aromatic nitrogens is 4. The maximum absolute atomic E-state index is 13.1. The number of thioether (sulfide) groups is 1. The van der Waals surface area contributed by atoms with Crippen molar-refractivity contribution in [2.75, 3.05) is 6.26 Å². The van der Waals surface area contributed by atoms with Gasteiger partial charge < -0.3 is 9.88 Å². The van der Waals surface area contributed by atoms with Gasteiger partial charge in [-0.1, -0.05) is 34.8 Å². The molecule has 5 rings (SSSR count). The van der Waals surface area contributed by atoms with Crippen LogP contribution in [0, 0.1) is 6.92 Å². The van der Waals surface area contributed by atoms with Crippen LogP contribution in [0.1, 0.15) is 28.0 Å². The number of nitrogens with one attached hydrogen (secondary N) is 1. The van der Waals surface area contributed by atoms with Crippen LogP contribution in [0.15, 0.2) is 47.9 Å². The summed E-state index contributed by atoms with van der Waals surface area (Å²) < 4.78 is 4.03. The fourth-order valence-corrected chi connectivity index (χ4v) is 5.91. The molecule has 0 spiro atoms. The number of hydrogen-bond acceptors (Lipinski definition) is 4. The first-order valence-electron chi connectivity index (χ1n) is 10.3. The summed E-state index contributed by atoms with van der Waals surface area (Å²) in [7, 11) is 0. The molecular formula is C23H21Cl2N5OS. The van der Waals surface area contributed by atoms with Gasteiger partial charge in [0.2, 0.25) is 0 Å². The lowest BCUT2D eigenvalue weighted by atomic mass is 10.0. The first kappa shape index (κ1) is 21.4. The minimum atomic E-state index is -0.263. The van der Waals surface area contributed by atoms with E-state index in [0.29, 0.717) is 15.7 Å². The molecule has 1 aliphatic rings. The molecule has 0 aliphatic carbocycles. The van der Waals surface area contributed by atoms with Gasteiger partial charge in [0, 0.05) is 34.1 Å². The van der Waals surface area contributed by atoms with Crippen molar-refractivity contribution in [1.82, 2.24) is 24.6 Å². The van der Waals surface area contributed by atoms with E-state index in [0.717, 1.165) is 19.4 Å². The summed E-state index contributed by atoms with van der Waals surface area (Å²) in [6, 6.07) is 9.94. The number of benzene rings is 2. The Labute approximate surface area is 199 Å². The molecule has 0 radical (unpaired) electrons. The van der Waals surface area contributed by atoms with E-state index in [1.165, 1.54) is 27.1 Å².